The van der Waals surface area contributed by atoms with Gasteiger partial charge in [0.05, 0.1) is 21.3 Å². The van der Waals surface area contributed by atoms with Gasteiger partial charge in [0.25, 0.3) is 0 Å². The molecule has 4 aromatic rings. The maximum Gasteiger partial charge on any atom is 0.203 e. The number of benzene rings is 4. The Morgan fingerprint density at radius 1 is 0.829 bits per heavy atom. The predicted molar refractivity (Wildman–Crippen MR) is 154 cm³/mol. The summed E-state index contributed by atoms with van der Waals surface area (Å²) in [6.45, 7) is 0. The van der Waals surface area contributed by atoms with Crippen LogP contribution in [0.4, 0.5) is 0 Å². The Balaban J connectivity index is 1.71. The highest BCUT2D eigenvalue weighted by Crippen LogP contribution is 2.58. The summed E-state index contributed by atoms with van der Waals surface area (Å²) in [4.78, 5) is 13.5. The van der Waals surface area contributed by atoms with Crippen molar-refractivity contribution in [3.05, 3.63) is 107 Å². The van der Waals surface area contributed by atoms with E-state index in [-0.39, 0.29) is 52.0 Å². The highest BCUT2D eigenvalue weighted by Gasteiger charge is 2.40. The second-order valence-corrected chi connectivity index (χ2v) is 9.52. The van der Waals surface area contributed by atoms with E-state index >= 15 is 0 Å². The number of methoxy groups -OCH3 is 3. The van der Waals surface area contributed by atoms with Crippen molar-refractivity contribution < 1.29 is 39.1 Å². The second-order valence-electron chi connectivity index (χ2n) is 9.52. The molecule has 3 N–H and O–H groups in total. The molecule has 0 bridgehead atoms. The van der Waals surface area contributed by atoms with Gasteiger partial charge in [-0.15, -0.1) is 0 Å². The topological polar surface area (TPSA) is 115 Å². The number of carbonyl (C=O) groups is 1. The minimum Gasteiger partial charge on any atom is -0.507 e. The molecule has 0 saturated carbocycles. The molecule has 8 heteroatoms. The Kier molecular flexibility index (Phi) is 7.74. The quantitative estimate of drug-likeness (QED) is 0.170. The summed E-state index contributed by atoms with van der Waals surface area (Å²) in [5.41, 5.74) is 2.09. The van der Waals surface area contributed by atoms with E-state index in [9.17, 15) is 20.1 Å². The minimum atomic E-state index is -0.732. The van der Waals surface area contributed by atoms with Gasteiger partial charge in [-0.05, 0) is 17.2 Å². The molecule has 0 unspecified atom stereocenters. The largest absolute Gasteiger partial charge is 0.507 e. The highest BCUT2D eigenvalue weighted by molar-refractivity contribution is 6.11. The molecule has 1 aliphatic heterocycles. The number of phenols is 3. The molecule has 0 aliphatic carbocycles. The van der Waals surface area contributed by atoms with E-state index in [1.54, 1.807) is 6.08 Å². The summed E-state index contributed by atoms with van der Waals surface area (Å²) in [6.07, 6.45) is 2.70. The van der Waals surface area contributed by atoms with Crippen molar-refractivity contribution in [1.82, 2.24) is 0 Å². The maximum atomic E-state index is 13.5. The highest BCUT2D eigenvalue weighted by atomic mass is 16.5. The van der Waals surface area contributed by atoms with Crippen molar-refractivity contribution in [1.29, 1.82) is 0 Å². The van der Waals surface area contributed by atoms with Crippen molar-refractivity contribution in [2.24, 2.45) is 0 Å². The van der Waals surface area contributed by atoms with E-state index in [1.165, 1.54) is 39.5 Å². The fourth-order valence-electron chi connectivity index (χ4n) is 5.30. The predicted octanol–water partition coefficient (Wildman–Crippen LogP) is 6.38. The van der Waals surface area contributed by atoms with Gasteiger partial charge < -0.3 is 34.3 Å². The Morgan fingerprint density at radius 2 is 1.46 bits per heavy atom. The van der Waals surface area contributed by atoms with E-state index in [2.05, 4.69) is 0 Å². The maximum absolute atomic E-state index is 13.5. The number of carbonyl (C=O) groups excluding carboxylic acids is 1. The van der Waals surface area contributed by atoms with Gasteiger partial charge in [-0.3, -0.25) is 4.79 Å². The Labute approximate surface area is 237 Å². The summed E-state index contributed by atoms with van der Waals surface area (Å²) in [7, 11) is 4.21. The smallest absolute Gasteiger partial charge is 0.203 e. The molecule has 1 aliphatic rings. The Morgan fingerprint density at radius 3 is 2.10 bits per heavy atom. The second kappa shape index (κ2) is 11.6. The molecule has 0 aromatic heterocycles. The van der Waals surface area contributed by atoms with Crippen LogP contribution in [0.15, 0.2) is 78.9 Å². The number of ether oxygens (including phenoxy) is 4. The fourth-order valence-corrected chi connectivity index (χ4v) is 5.30. The number of hydrogen-bond donors (Lipinski definition) is 3. The lowest BCUT2D eigenvalue weighted by Crippen LogP contribution is -2.22. The van der Waals surface area contributed by atoms with Crippen LogP contribution in [0.2, 0.25) is 0 Å². The molecule has 4 aromatic carbocycles. The monoisotopic (exact) mass is 554 g/mol. The van der Waals surface area contributed by atoms with Crippen LogP contribution in [0.25, 0.3) is 6.08 Å². The minimum absolute atomic E-state index is 0.0219. The summed E-state index contributed by atoms with van der Waals surface area (Å²) in [5.74, 6) is -1.56. The molecule has 5 rings (SSSR count). The number of fused-ring (bicyclic) bond motifs is 1. The molecule has 2 atom stereocenters. The average molecular weight is 555 g/mol. The normalized spacial score (nSPS) is 16.1. The first-order chi connectivity index (χ1) is 19.9. The molecule has 8 nitrogen and oxygen atoms in total. The van der Waals surface area contributed by atoms with Crippen molar-refractivity contribution in [3.8, 4) is 40.2 Å². The van der Waals surface area contributed by atoms with Crippen LogP contribution in [0.5, 0.6) is 40.2 Å². The summed E-state index contributed by atoms with van der Waals surface area (Å²) in [6, 6.07) is 21.4. The third-order valence-corrected chi connectivity index (χ3v) is 7.19. The number of rotatable bonds is 8. The number of hydrogen-bond acceptors (Lipinski definition) is 8. The lowest BCUT2D eigenvalue weighted by molar-refractivity contribution is 0.104. The van der Waals surface area contributed by atoms with E-state index in [0.29, 0.717) is 5.56 Å². The summed E-state index contributed by atoms with van der Waals surface area (Å²) < 4.78 is 22.9. The first kappa shape index (κ1) is 27.5. The average Bonchev–Trinajstić information content (AvgIpc) is 2.99. The van der Waals surface area contributed by atoms with Crippen LogP contribution in [0.3, 0.4) is 0 Å². The van der Waals surface area contributed by atoms with E-state index in [0.717, 1.165) is 11.1 Å². The zero-order valence-electron chi connectivity index (χ0n) is 22.8. The van der Waals surface area contributed by atoms with Crippen LogP contribution in [0, 0.1) is 0 Å². The van der Waals surface area contributed by atoms with Gasteiger partial charge in [0, 0.05) is 35.6 Å². The van der Waals surface area contributed by atoms with E-state index in [1.807, 2.05) is 60.7 Å². The van der Waals surface area contributed by atoms with Crippen LogP contribution in [-0.2, 0) is 0 Å². The van der Waals surface area contributed by atoms with E-state index in [4.69, 9.17) is 18.9 Å². The van der Waals surface area contributed by atoms with E-state index < -0.39 is 23.6 Å². The third-order valence-electron chi connectivity index (χ3n) is 7.19. The number of allylic oxidation sites excluding steroid dienone is 1. The molecule has 210 valence electrons. The van der Waals surface area contributed by atoms with Crippen LogP contribution in [-0.4, -0.2) is 42.4 Å². The van der Waals surface area contributed by atoms with Gasteiger partial charge in [-0.25, -0.2) is 0 Å². The van der Waals surface area contributed by atoms with Gasteiger partial charge in [-0.2, -0.15) is 0 Å². The lowest BCUT2D eigenvalue weighted by atomic mass is 9.80. The Bertz CT molecular complexity index is 1600. The molecular formula is C33H30O8. The van der Waals surface area contributed by atoms with Gasteiger partial charge in [-0.1, -0.05) is 66.7 Å². The van der Waals surface area contributed by atoms with Crippen LogP contribution in [0.1, 0.15) is 51.1 Å². The zero-order chi connectivity index (χ0) is 29.1. The third kappa shape index (κ3) is 5.12. The zero-order valence-corrected chi connectivity index (χ0v) is 22.8. The van der Waals surface area contributed by atoms with Crippen molar-refractivity contribution in [3.63, 3.8) is 0 Å². The van der Waals surface area contributed by atoms with Crippen LogP contribution < -0.4 is 18.9 Å². The van der Waals surface area contributed by atoms with Crippen molar-refractivity contribution in [2.75, 3.05) is 21.3 Å². The van der Waals surface area contributed by atoms with Crippen molar-refractivity contribution >= 4 is 11.9 Å². The first-order valence-electron chi connectivity index (χ1n) is 13.0. The summed E-state index contributed by atoms with van der Waals surface area (Å²) >= 11 is 0. The van der Waals surface area contributed by atoms with Gasteiger partial charge in [0.2, 0.25) is 5.75 Å². The number of aromatic hydroxyl groups is 3. The van der Waals surface area contributed by atoms with Gasteiger partial charge in [0.1, 0.15) is 34.7 Å². The molecule has 0 amide bonds. The van der Waals surface area contributed by atoms with Crippen molar-refractivity contribution in [2.45, 2.75) is 18.4 Å². The SMILES string of the molecule is COc1cc(O)c([C@H]2C[C@@H](c3ccccc3)Oc3c(OC)c(O)cc(OC)c32)c(O)c1C(=O)/C=C/c1ccccc1. The summed E-state index contributed by atoms with van der Waals surface area (Å²) in [5, 5.41) is 33.6. The van der Waals surface area contributed by atoms with Crippen LogP contribution >= 0.6 is 0 Å². The molecule has 0 fully saturated rings. The fraction of sp³-hybridized carbons (Fsp3) is 0.182. The van der Waals surface area contributed by atoms with Gasteiger partial charge >= 0.3 is 0 Å². The standard InChI is InChI=1S/C33H30O8/c1-38-26-18-24(36)32(40-3)33-29(26)21(16-25(41-33)20-12-8-5-9-13-20)28-23(35)17-27(39-2)30(31(28)37)22(34)15-14-19-10-6-4-7-11-19/h4-15,17-18,21,25,35-37H,16H2,1-3H3/b15-14+/t21-,25+/m1/s1. The molecular weight excluding hydrogens is 524 g/mol. The molecule has 0 saturated heterocycles. The molecule has 41 heavy (non-hydrogen) atoms. The van der Waals surface area contributed by atoms with Gasteiger partial charge in [0.15, 0.2) is 17.3 Å². The molecule has 0 spiro atoms. The number of ketones is 1. The first-order valence-corrected chi connectivity index (χ1v) is 13.0. The lowest BCUT2D eigenvalue weighted by Gasteiger charge is -2.35. The molecule has 0 radical (unpaired) electrons. The molecule has 1 heterocycles. The Hall–Kier alpha value is -5.11. The number of phenolic OH excluding ortho intramolecular Hbond substituents is 3.